The molecule has 12 heteroatoms. The first-order valence-electron chi connectivity index (χ1n) is 11.9. The number of likely N-dealkylation sites (tertiary alicyclic amines) is 2. The van der Waals surface area contributed by atoms with Gasteiger partial charge in [-0.25, -0.2) is 4.79 Å². The number of phenolic OH excluding ortho intramolecular Hbond substituents is 1. The number of phenols is 1. The molecule has 1 saturated carbocycles. The number of halogens is 3. The summed E-state index contributed by atoms with van der Waals surface area (Å²) < 4.78 is 4.65. The summed E-state index contributed by atoms with van der Waals surface area (Å²) in [7, 11) is 1.07. The van der Waals surface area contributed by atoms with Gasteiger partial charge in [0.05, 0.1) is 24.4 Å². The Morgan fingerprint density at radius 3 is 2.55 bits per heavy atom. The minimum absolute atomic E-state index is 0.0880. The third-order valence-corrected chi connectivity index (χ3v) is 10.1. The number of aromatic hydroxyl groups is 1. The van der Waals surface area contributed by atoms with Crippen molar-refractivity contribution in [3.8, 4) is 5.75 Å². The SMILES string of the molecule is C=CCc1cccc(C2C3=CCC4C(=O)N(C(=O)OC)C(=O)C4C3CC3(Cl)C(=O)N(CBr)C(=O)C23Cl)c1O. The fourth-order valence-corrected chi connectivity index (χ4v) is 7.95. The Morgan fingerprint density at radius 1 is 1.21 bits per heavy atom. The number of allylic oxidation sites excluding steroid dienone is 3. The highest BCUT2D eigenvalue weighted by atomic mass is 79.9. The molecule has 0 radical (unpaired) electrons. The quantitative estimate of drug-likeness (QED) is 0.235. The van der Waals surface area contributed by atoms with Crippen molar-refractivity contribution in [1.29, 1.82) is 0 Å². The Labute approximate surface area is 236 Å². The van der Waals surface area contributed by atoms with Crippen molar-refractivity contribution in [3.05, 3.63) is 53.6 Å². The molecule has 2 aliphatic carbocycles. The number of carbonyl (C=O) groups is 5. The fraction of sp³-hybridized carbons (Fsp3) is 0.423. The van der Waals surface area contributed by atoms with E-state index >= 15 is 0 Å². The van der Waals surface area contributed by atoms with E-state index in [1.54, 1.807) is 30.4 Å². The molecule has 9 nitrogen and oxygen atoms in total. The highest BCUT2D eigenvalue weighted by Crippen LogP contribution is 2.66. The first kappa shape index (κ1) is 26.9. The number of fused-ring (bicyclic) bond motifs is 4. The van der Waals surface area contributed by atoms with Gasteiger partial charge in [-0.05, 0) is 30.7 Å². The Balaban J connectivity index is 1.74. The van der Waals surface area contributed by atoms with Crippen LogP contribution in [-0.2, 0) is 30.3 Å². The maximum Gasteiger partial charge on any atom is 0.423 e. The molecule has 1 aromatic carbocycles. The third kappa shape index (κ3) is 3.26. The summed E-state index contributed by atoms with van der Waals surface area (Å²) in [5.74, 6) is -6.90. The van der Waals surface area contributed by atoms with E-state index < -0.39 is 63.1 Å². The van der Waals surface area contributed by atoms with Crippen molar-refractivity contribution in [2.75, 3.05) is 12.6 Å². The summed E-state index contributed by atoms with van der Waals surface area (Å²) in [6.45, 7) is 3.71. The highest BCUT2D eigenvalue weighted by molar-refractivity contribution is 9.09. The Hall–Kier alpha value is -2.69. The largest absolute Gasteiger partial charge is 0.507 e. The number of imide groups is 4. The smallest absolute Gasteiger partial charge is 0.423 e. The molecule has 2 aliphatic heterocycles. The second-order valence-corrected chi connectivity index (χ2v) is 11.6. The van der Waals surface area contributed by atoms with E-state index in [-0.39, 0.29) is 29.6 Å². The molecule has 6 atom stereocenters. The van der Waals surface area contributed by atoms with Crippen molar-refractivity contribution < 1.29 is 33.8 Å². The lowest BCUT2D eigenvalue weighted by molar-refractivity contribution is -0.140. The number of hydrogen-bond acceptors (Lipinski definition) is 7. The van der Waals surface area contributed by atoms with Gasteiger partial charge in [0.25, 0.3) is 11.8 Å². The number of alkyl halides is 3. The van der Waals surface area contributed by atoms with Gasteiger partial charge in [-0.15, -0.1) is 29.8 Å². The lowest BCUT2D eigenvalue weighted by Crippen LogP contribution is -2.60. The highest BCUT2D eigenvalue weighted by Gasteiger charge is 2.76. The molecule has 0 spiro atoms. The van der Waals surface area contributed by atoms with Crippen LogP contribution in [0.1, 0.15) is 29.9 Å². The molecule has 0 bridgehead atoms. The monoisotopic (exact) mass is 624 g/mol. The maximum absolute atomic E-state index is 13.8. The summed E-state index contributed by atoms with van der Waals surface area (Å²) in [5.41, 5.74) is 1.13. The van der Waals surface area contributed by atoms with Crippen molar-refractivity contribution in [2.45, 2.75) is 34.9 Å². The zero-order valence-corrected chi connectivity index (χ0v) is 23.3. The summed E-state index contributed by atoms with van der Waals surface area (Å²) >= 11 is 17.4. The standard InChI is InChI=1S/C26H23BrCl2N2O7/c1-3-5-12-6-4-7-15(19(12)32)18-13-8-9-14-17(21(34)31(20(14)33)24(37)38-2)16(13)10-25(28)22(35)30(11-27)23(36)26(18,25)29/h3-4,6-8,14,16-18,32H,1,5,9-11H2,2H3. The van der Waals surface area contributed by atoms with Gasteiger partial charge in [-0.3, -0.25) is 24.1 Å². The van der Waals surface area contributed by atoms with Crippen LogP contribution in [0.15, 0.2) is 42.5 Å². The van der Waals surface area contributed by atoms with Gasteiger partial charge in [0.15, 0.2) is 9.75 Å². The first-order chi connectivity index (χ1) is 18.0. The number of para-hydroxylation sites is 1. The predicted molar refractivity (Wildman–Crippen MR) is 140 cm³/mol. The van der Waals surface area contributed by atoms with Gasteiger partial charge in [0, 0.05) is 11.5 Å². The normalized spacial score (nSPS) is 34.1. The molecule has 1 N–H and O–H groups in total. The number of benzene rings is 1. The van der Waals surface area contributed by atoms with Gasteiger partial charge < -0.3 is 9.84 Å². The maximum atomic E-state index is 13.8. The van der Waals surface area contributed by atoms with Crippen LogP contribution in [0.4, 0.5) is 4.79 Å². The van der Waals surface area contributed by atoms with Crippen LogP contribution >= 0.6 is 39.1 Å². The molecule has 38 heavy (non-hydrogen) atoms. The first-order valence-corrected chi connectivity index (χ1v) is 13.7. The topological polar surface area (TPSA) is 121 Å². The van der Waals surface area contributed by atoms with Gasteiger partial charge in [-0.2, -0.15) is 4.90 Å². The molecule has 6 unspecified atom stereocenters. The number of hydrogen-bond donors (Lipinski definition) is 1. The molecule has 2 heterocycles. The average molecular weight is 626 g/mol. The van der Waals surface area contributed by atoms with E-state index in [0.717, 1.165) is 12.0 Å². The zero-order chi connectivity index (χ0) is 27.7. The van der Waals surface area contributed by atoms with E-state index in [9.17, 15) is 29.1 Å². The van der Waals surface area contributed by atoms with Gasteiger partial charge in [0.1, 0.15) is 5.75 Å². The van der Waals surface area contributed by atoms with E-state index in [2.05, 4.69) is 27.2 Å². The second kappa shape index (κ2) is 9.20. The summed E-state index contributed by atoms with van der Waals surface area (Å²) in [6.07, 6.45) is 2.42. The lowest BCUT2D eigenvalue weighted by Gasteiger charge is -2.50. The second-order valence-electron chi connectivity index (χ2n) is 9.82. The minimum Gasteiger partial charge on any atom is -0.507 e. The molecular formula is C26H23BrCl2N2O7. The third-order valence-electron chi connectivity index (χ3n) is 8.20. The van der Waals surface area contributed by atoms with Crippen LogP contribution in [0.25, 0.3) is 0 Å². The van der Waals surface area contributed by atoms with Gasteiger partial charge in [-0.1, -0.05) is 51.9 Å². The van der Waals surface area contributed by atoms with Crippen molar-refractivity contribution in [1.82, 2.24) is 9.80 Å². The molecule has 0 aromatic heterocycles. The number of carbonyl (C=O) groups excluding carboxylic acids is 5. The molecular weight excluding hydrogens is 603 g/mol. The number of amides is 5. The molecule has 1 aromatic rings. The van der Waals surface area contributed by atoms with E-state index in [1.807, 2.05) is 0 Å². The predicted octanol–water partition coefficient (Wildman–Crippen LogP) is 3.60. The van der Waals surface area contributed by atoms with E-state index in [0.29, 0.717) is 22.5 Å². The number of rotatable bonds is 4. The molecule has 200 valence electrons. The Kier molecular flexibility index (Phi) is 6.52. The fourth-order valence-electron chi connectivity index (χ4n) is 6.53. The van der Waals surface area contributed by atoms with Crippen LogP contribution in [0, 0.1) is 17.8 Å². The molecule has 2 saturated heterocycles. The summed E-state index contributed by atoms with van der Waals surface area (Å²) in [5, 5.41) is 11.3. The van der Waals surface area contributed by atoms with Gasteiger partial charge >= 0.3 is 6.09 Å². The molecule has 5 amide bonds. The minimum atomic E-state index is -2.04. The average Bonchev–Trinajstić information content (AvgIpc) is 3.23. The molecule has 5 rings (SSSR count). The molecule has 4 aliphatic rings. The summed E-state index contributed by atoms with van der Waals surface area (Å²) in [6, 6.07) is 4.98. The van der Waals surface area contributed by atoms with Crippen LogP contribution < -0.4 is 0 Å². The number of nitrogens with zero attached hydrogens (tertiary/aromatic N) is 2. The van der Waals surface area contributed by atoms with E-state index in [4.69, 9.17) is 23.2 Å². The Morgan fingerprint density at radius 2 is 1.92 bits per heavy atom. The van der Waals surface area contributed by atoms with Gasteiger partial charge in [0.2, 0.25) is 11.8 Å². The number of methoxy groups -OCH3 is 1. The van der Waals surface area contributed by atoms with E-state index in [1.165, 1.54) is 0 Å². The van der Waals surface area contributed by atoms with Crippen LogP contribution in [-0.4, -0.2) is 66.9 Å². The Bertz CT molecular complexity index is 1350. The van der Waals surface area contributed by atoms with Crippen LogP contribution in [0.5, 0.6) is 5.75 Å². The zero-order valence-electron chi connectivity index (χ0n) is 20.2. The molecule has 3 fully saturated rings. The summed E-state index contributed by atoms with van der Waals surface area (Å²) in [4.78, 5) is 63.5. The van der Waals surface area contributed by atoms with Crippen molar-refractivity contribution >= 4 is 68.9 Å². The number of ether oxygens (including phenoxy) is 1. The van der Waals surface area contributed by atoms with Crippen molar-refractivity contribution in [3.63, 3.8) is 0 Å². The van der Waals surface area contributed by atoms with Crippen molar-refractivity contribution in [2.24, 2.45) is 17.8 Å². The van der Waals surface area contributed by atoms with Crippen LogP contribution in [0.3, 0.4) is 0 Å². The van der Waals surface area contributed by atoms with Crippen LogP contribution in [0.2, 0.25) is 0 Å². The lowest BCUT2D eigenvalue weighted by atomic mass is 9.56.